The third kappa shape index (κ3) is 5.35. The van der Waals surface area contributed by atoms with Crippen molar-refractivity contribution in [3.63, 3.8) is 0 Å². The summed E-state index contributed by atoms with van der Waals surface area (Å²) in [6, 6.07) is 6.77. The molecule has 0 spiro atoms. The van der Waals surface area contributed by atoms with Crippen LogP contribution in [0, 0.1) is 0 Å². The van der Waals surface area contributed by atoms with Gasteiger partial charge in [0.25, 0.3) is 11.8 Å². The number of hydrogen-bond donors (Lipinski definition) is 1. The molecule has 1 aliphatic heterocycles. The van der Waals surface area contributed by atoms with Gasteiger partial charge in [-0.1, -0.05) is 17.7 Å². The van der Waals surface area contributed by atoms with E-state index in [-0.39, 0.29) is 11.8 Å². The Kier molecular flexibility index (Phi) is 7.24. The highest BCUT2D eigenvalue weighted by Gasteiger charge is 2.28. The summed E-state index contributed by atoms with van der Waals surface area (Å²) in [4.78, 5) is 32.9. The highest BCUT2D eigenvalue weighted by Crippen LogP contribution is 2.23. The maximum absolute atomic E-state index is 12.3. The fraction of sp³-hybridized carbons (Fsp3) is 0.300. The largest absolute Gasteiger partial charge is 0.498 e. The summed E-state index contributed by atoms with van der Waals surface area (Å²) in [7, 11) is 3.09. The van der Waals surface area contributed by atoms with Crippen molar-refractivity contribution in [3.05, 3.63) is 58.3 Å². The van der Waals surface area contributed by atoms with Crippen LogP contribution in [0.4, 0.5) is 0 Å². The molecule has 1 atom stereocenters. The molecule has 1 heterocycles. The SMILES string of the molecule is COC1=CC2=NC(CSCCNC(=O)c3cccc(Cl)c3)=NC(=O)C2=CC1OC. The number of carbonyl (C=O) groups is 2. The lowest BCUT2D eigenvalue weighted by molar-refractivity contribution is -0.114. The minimum Gasteiger partial charge on any atom is -0.498 e. The van der Waals surface area contributed by atoms with Crippen LogP contribution in [0.15, 0.2) is 57.7 Å². The normalized spacial score (nSPS) is 18.2. The molecule has 152 valence electrons. The third-order valence-corrected chi connectivity index (χ3v) is 5.39. The van der Waals surface area contributed by atoms with Crippen LogP contribution < -0.4 is 5.32 Å². The molecule has 1 unspecified atom stereocenters. The number of amides is 2. The molecular weight excluding hydrogens is 414 g/mol. The number of methoxy groups -OCH3 is 2. The van der Waals surface area contributed by atoms with Crippen molar-refractivity contribution in [1.82, 2.24) is 5.32 Å². The zero-order valence-corrected chi connectivity index (χ0v) is 17.5. The van der Waals surface area contributed by atoms with Crippen LogP contribution >= 0.6 is 23.4 Å². The number of amidine groups is 1. The van der Waals surface area contributed by atoms with E-state index < -0.39 is 6.10 Å². The molecule has 7 nitrogen and oxygen atoms in total. The van der Waals surface area contributed by atoms with E-state index in [1.807, 2.05) is 0 Å². The smallest absolute Gasteiger partial charge is 0.280 e. The van der Waals surface area contributed by atoms with Crippen LogP contribution in [-0.4, -0.2) is 61.7 Å². The van der Waals surface area contributed by atoms with Gasteiger partial charge in [0.1, 0.15) is 17.7 Å². The van der Waals surface area contributed by atoms with Gasteiger partial charge in [0.05, 0.1) is 24.1 Å². The van der Waals surface area contributed by atoms with Gasteiger partial charge in [-0.05, 0) is 24.3 Å². The van der Waals surface area contributed by atoms with Crippen molar-refractivity contribution in [2.75, 3.05) is 32.3 Å². The second-order valence-corrected chi connectivity index (χ2v) is 7.68. The number of rotatable bonds is 8. The summed E-state index contributed by atoms with van der Waals surface area (Å²) in [6.45, 7) is 0.474. The molecule has 2 amide bonds. The van der Waals surface area contributed by atoms with Crippen molar-refractivity contribution < 1.29 is 19.1 Å². The summed E-state index contributed by atoms with van der Waals surface area (Å²) >= 11 is 7.42. The van der Waals surface area contributed by atoms with Crippen molar-refractivity contribution in [2.24, 2.45) is 9.98 Å². The number of carbonyl (C=O) groups excluding carboxylic acids is 2. The quantitative estimate of drug-likeness (QED) is 0.636. The lowest BCUT2D eigenvalue weighted by atomic mass is 9.99. The Bertz CT molecular complexity index is 939. The monoisotopic (exact) mass is 433 g/mol. The number of fused-ring (bicyclic) bond motifs is 1. The number of aliphatic imine (C=N–C) groups is 2. The molecule has 0 bridgehead atoms. The number of thioether (sulfide) groups is 1. The predicted molar refractivity (Wildman–Crippen MR) is 115 cm³/mol. The van der Waals surface area contributed by atoms with E-state index in [0.717, 1.165) is 0 Å². The Hall–Kier alpha value is -2.42. The number of ether oxygens (including phenoxy) is 2. The molecule has 9 heteroatoms. The predicted octanol–water partition coefficient (Wildman–Crippen LogP) is 2.67. The molecule has 0 saturated carbocycles. The van der Waals surface area contributed by atoms with Gasteiger partial charge in [0.2, 0.25) is 0 Å². The lowest BCUT2D eigenvalue weighted by Crippen LogP contribution is -2.28. The van der Waals surface area contributed by atoms with Gasteiger partial charge in [-0.3, -0.25) is 9.59 Å². The molecule has 3 rings (SSSR count). The van der Waals surface area contributed by atoms with E-state index >= 15 is 0 Å². The van der Waals surface area contributed by atoms with Gasteiger partial charge in [0, 0.05) is 36.1 Å². The van der Waals surface area contributed by atoms with E-state index in [0.29, 0.717) is 51.5 Å². The topological polar surface area (TPSA) is 89.4 Å². The number of benzene rings is 1. The minimum atomic E-state index is -0.424. The van der Waals surface area contributed by atoms with Crippen molar-refractivity contribution in [2.45, 2.75) is 6.10 Å². The molecule has 29 heavy (non-hydrogen) atoms. The Labute approximate surface area is 177 Å². The van der Waals surface area contributed by atoms with E-state index in [1.54, 1.807) is 50.6 Å². The highest BCUT2D eigenvalue weighted by atomic mass is 35.5. The Balaban J connectivity index is 1.50. The van der Waals surface area contributed by atoms with E-state index in [2.05, 4.69) is 15.3 Å². The standard InChI is InChI=1S/C20H20ClN3O4S/c1-27-16-9-14-15(10-17(16)28-2)23-18(24-20(14)26)11-29-7-6-22-19(25)12-4-3-5-13(21)8-12/h3-5,8-10,16H,6-7,11H2,1-2H3,(H,22,25). The molecular formula is C20H20ClN3O4S. The lowest BCUT2D eigenvalue weighted by Gasteiger charge is -2.22. The van der Waals surface area contributed by atoms with E-state index in [4.69, 9.17) is 21.1 Å². The number of halogens is 1. The summed E-state index contributed by atoms with van der Waals surface area (Å²) in [6.07, 6.45) is 2.94. The fourth-order valence-corrected chi connectivity index (χ4v) is 3.68. The van der Waals surface area contributed by atoms with Crippen molar-refractivity contribution in [1.29, 1.82) is 0 Å². The number of nitrogens with one attached hydrogen (secondary N) is 1. The Morgan fingerprint density at radius 2 is 2.14 bits per heavy atom. The molecule has 0 radical (unpaired) electrons. The second kappa shape index (κ2) is 9.87. The van der Waals surface area contributed by atoms with Crippen LogP contribution in [-0.2, 0) is 14.3 Å². The minimum absolute atomic E-state index is 0.180. The molecule has 2 aliphatic rings. The average Bonchev–Trinajstić information content (AvgIpc) is 2.72. The Morgan fingerprint density at radius 1 is 1.31 bits per heavy atom. The molecule has 1 N–H and O–H groups in total. The van der Waals surface area contributed by atoms with Crippen LogP contribution in [0.3, 0.4) is 0 Å². The van der Waals surface area contributed by atoms with E-state index in [1.165, 1.54) is 11.8 Å². The van der Waals surface area contributed by atoms with Crippen LogP contribution in [0.1, 0.15) is 10.4 Å². The molecule has 1 aromatic rings. The summed E-state index contributed by atoms with van der Waals surface area (Å²) in [5.41, 5.74) is 1.46. The molecule has 0 fully saturated rings. The van der Waals surface area contributed by atoms with Gasteiger partial charge in [-0.25, -0.2) is 4.99 Å². The average molecular weight is 434 g/mol. The van der Waals surface area contributed by atoms with Gasteiger partial charge in [0.15, 0.2) is 0 Å². The van der Waals surface area contributed by atoms with Gasteiger partial charge >= 0.3 is 0 Å². The summed E-state index contributed by atoms with van der Waals surface area (Å²) in [5.74, 6) is 1.61. The molecule has 0 saturated heterocycles. The van der Waals surface area contributed by atoms with Gasteiger partial charge in [-0.15, -0.1) is 0 Å². The Morgan fingerprint density at radius 3 is 2.86 bits per heavy atom. The zero-order chi connectivity index (χ0) is 20.8. The van der Waals surface area contributed by atoms with Crippen LogP contribution in [0.25, 0.3) is 0 Å². The number of hydrogen-bond acceptors (Lipinski definition) is 6. The first-order valence-corrected chi connectivity index (χ1v) is 10.4. The third-order valence-electron chi connectivity index (χ3n) is 4.20. The number of allylic oxidation sites excluding steroid dienone is 1. The van der Waals surface area contributed by atoms with Gasteiger partial charge in [-0.2, -0.15) is 16.8 Å². The van der Waals surface area contributed by atoms with Gasteiger partial charge < -0.3 is 14.8 Å². The maximum atomic E-state index is 12.3. The first kappa shape index (κ1) is 21.3. The summed E-state index contributed by atoms with van der Waals surface area (Å²) in [5, 5.41) is 3.35. The van der Waals surface area contributed by atoms with Crippen LogP contribution in [0.2, 0.25) is 5.02 Å². The van der Waals surface area contributed by atoms with Crippen LogP contribution in [0.5, 0.6) is 0 Å². The zero-order valence-electron chi connectivity index (χ0n) is 16.0. The number of nitrogens with zero attached hydrogens (tertiary/aromatic N) is 2. The molecule has 0 aromatic heterocycles. The summed E-state index contributed by atoms with van der Waals surface area (Å²) < 4.78 is 10.6. The molecule has 1 aliphatic carbocycles. The van der Waals surface area contributed by atoms with Crippen molar-refractivity contribution in [3.8, 4) is 0 Å². The first-order valence-electron chi connectivity index (χ1n) is 8.84. The van der Waals surface area contributed by atoms with E-state index in [9.17, 15) is 9.59 Å². The second-order valence-electron chi connectivity index (χ2n) is 6.14. The van der Waals surface area contributed by atoms with Crippen molar-refractivity contribution >= 4 is 46.7 Å². The molecule has 1 aromatic carbocycles. The maximum Gasteiger partial charge on any atom is 0.280 e. The fourth-order valence-electron chi connectivity index (χ4n) is 2.78. The first-order chi connectivity index (χ1) is 14.0. The highest BCUT2D eigenvalue weighted by molar-refractivity contribution is 8.00.